The van der Waals surface area contributed by atoms with Gasteiger partial charge in [0.05, 0.1) is 17.4 Å². The highest BCUT2D eigenvalue weighted by atomic mass is 32.2. The van der Waals surface area contributed by atoms with Gasteiger partial charge in [0.2, 0.25) is 0 Å². The summed E-state index contributed by atoms with van der Waals surface area (Å²) in [6.07, 6.45) is -3.20. The summed E-state index contributed by atoms with van der Waals surface area (Å²) in [6.45, 7) is 3.73. The lowest BCUT2D eigenvalue weighted by Crippen LogP contribution is -2.41. The molecule has 28 heavy (non-hydrogen) atoms. The van der Waals surface area contributed by atoms with E-state index in [1.807, 2.05) is 13.8 Å². The van der Waals surface area contributed by atoms with Gasteiger partial charge >= 0.3 is 6.18 Å². The third-order valence-electron chi connectivity index (χ3n) is 4.67. The van der Waals surface area contributed by atoms with Crippen LogP contribution in [-0.2, 0) is 16.0 Å². The minimum Gasteiger partial charge on any atom is -0.300 e. The lowest BCUT2D eigenvalue weighted by Gasteiger charge is -2.28. The van der Waals surface area contributed by atoms with E-state index in [9.17, 15) is 26.4 Å². The molecule has 1 amide bonds. The summed E-state index contributed by atoms with van der Waals surface area (Å²) in [6, 6.07) is 8.49. The number of sulfone groups is 1. The second-order valence-corrected chi connectivity index (χ2v) is 8.68. The van der Waals surface area contributed by atoms with Gasteiger partial charge in [-0.2, -0.15) is 13.2 Å². The fraction of sp³-hybridized carbons (Fsp3) is 0.250. The first-order valence-corrected chi connectivity index (χ1v) is 10.2. The van der Waals surface area contributed by atoms with E-state index in [2.05, 4.69) is 0 Å². The van der Waals surface area contributed by atoms with Crippen LogP contribution in [0.3, 0.4) is 0 Å². The number of benzene rings is 2. The normalized spacial score (nSPS) is 18.2. The Morgan fingerprint density at radius 2 is 1.79 bits per heavy atom. The van der Waals surface area contributed by atoms with E-state index in [1.165, 1.54) is 17.0 Å². The molecule has 0 fully saturated rings. The van der Waals surface area contributed by atoms with E-state index in [1.54, 1.807) is 18.2 Å². The van der Waals surface area contributed by atoms with Crippen molar-refractivity contribution in [1.82, 2.24) is 0 Å². The number of hydrogen-bond acceptors (Lipinski definition) is 3. The van der Waals surface area contributed by atoms with Gasteiger partial charge in [0.1, 0.15) is 0 Å². The molecule has 1 aliphatic heterocycles. The van der Waals surface area contributed by atoms with Crippen molar-refractivity contribution in [3.63, 3.8) is 0 Å². The molecule has 0 aliphatic carbocycles. The predicted molar refractivity (Wildman–Crippen MR) is 101 cm³/mol. The van der Waals surface area contributed by atoms with Gasteiger partial charge in [-0.05, 0) is 61.4 Å². The molecule has 2 aromatic rings. The molecule has 1 aliphatic rings. The van der Waals surface area contributed by atoms with Crippen LogP contribution in [0.4, 0.5) is 18.9 Å². The summed E-state index contributed by atoms with van der Waals surface area (Å²) in [7, 11) is -3.47. The first-order chi connectivity index (χ1) is 13.0. The van der Waals surface area contributed by atoms with Gasteiger partial charge in [0.15, 0.2) is 9.84 Å². The lowest BCUT2D eigenvalue weighted by molar-refractivity contribution is -0.137. The maximum absolute atomic E-state index is 13.1. The van der Waals surface area contributed by atoms with Crippen LogP contribution >= 0.6 is 0 Å². The maximum atomic E-state index is 13.1. The summed E-state index contributed by atoms with van der Waals surface area (Å²) in [5, 5.41) is 1.03. The first-order valence-electron chi connectivity index (χ1n) is 8.47. The molecule has 0 N–H and O–H groups in total. The molecule has 0 radical (unpaired) electrons. The summed E-state index contributed by atoms with van der Waals surface area (Å²) in [5.41, 5.74) is 1.19. The summed E-state index contributed by atoms with van der Waals surface area (Å²) in [4.78, 5) is 14.4. The van der Waals surface area contributed by atoms with Gasteiger partial charge in [-0.3, -0.25) is 4.79 Å². The van der Waals surface area contributed by atoms with Crippen LogP contribution in [0.1, 0.15) is 27.0 Å². The Bertz CT molecular complexity index is 1060. The van der Waals surface area contributed by atoms with Crippen LogP contribution in [0.15, 0.2) is 53.9 Å². The Hall–Kier alpha value is -2.61. The first kappa shape index (κ1) is 20.1. The molecular weight excluding hydrogens is 391 g/mol. The van der Waals surface area contributed by atoms with Crippen LogP contribution < -0.4 is 4.90 Å². The van der Waals surface area contributed by atoms with Crippen molar-refractivity contribution in [1.29, 1.82) is 0 Å². The highest BCUT2D eigenvalue weighted by Crippen LogP contribution is 2.31. The number of carbonyl (C=O) groups is 1. The summed E-state index contributed by atoms with van der Waals surface area (Å²) < 4.78 is 62.9. The minimum atomic E-state index is -4.59. The average Bonchev–Trinajstić information content (AvgIpc) is 2.97. The molecule has 8 heteroatoms. The lowest BCUT2D eigenvalue weighted by atomic mass is 10.1. The van der Waals surface area contributed by atoms with Gasteiger partial charge in [0, 0.05) is 16.7 Å². The van der Waals surface area contributed by atoms with Crippen molar-refractivity contribution in [2.75, 3.05) is 10.7 Å². The Morgan fingerprint density at radius 1 is 1.07 bits per heavy atom. The smallest absolute Gasteiger partial charge is 0.300 e. The van der Waals surface area contributed by atoms with E-state index in [4.69, 9.17) is 0 Å². The van der Waals surface area contributed by atoms with E-state index >= 15 is 0 Å². The number of carbonyl (C=O) groups excluding carboxylic acids is 1. The maximum Gasteiger partial charge on any atom is 0.416 e. The Morgan fingerprint density at radius 3 is 2.36 bits per heavy atom. The van der Waals surface area contributed by atoms with Crippen molar-refractivity contribution in [3.05, 3.63) is 76.2 Å². The number of aryl methyl sites for hydroxylation is 2. The highest BCUT2D eigenvalue weighted by Gasteiger charge is 2.34. The van der Waals surface area contributed by atoms with E-state index in [0.29, 0.717) is 5.69 Å². The molecule has 2 aromatic carbocycles. The average molecular weight is 409 g/mol. The number of nitrogens with zero attached hydrogens (tertiary/aromatic N) is 1. The largest absolute Gasteiger partial charge is 0.416 e. The fourth-order valence-corrected chi connectivity index (χ4v) is 4.29. The molecule has 0 spiro atoms. The zero-order valence-electron chi connectivity index (χ0n) is 15.2. The quantitative estimate of drug-likeness (QED) is 0.760. The molecule has 1 heterocycles. The number of anilines is 1. The van der Waals surface area contributed by atoms with E-state index in [-0.39, 0.29) is 11.3 Å². The third kappa shape index (κ3) is 4.11. The highest BCUT2D eigenvalue weighted by molar-refractivity contribution is 7.94. The summed E-state index contributed by atoms with van der Waals surface area (Å²) in [5.74, 6) is -1.01. The molecular formula is C20H18F3NO3S. The molecule has 3 rings (SSSR count). The number of halogens is 3. The Kier molecular flexibility index (Phi) is 5.10. The third-order valence-corrected chi connectivity index (χ3v) is 6.05. The van der Waals surface area contributed by atoms with Gasteiger partial charge < -0.3 is 4.90 Å². The SMILES string of the molecule is Cc1ccc(N(C(=O)c2cccc(C(F)(F)F)c2)[C@H]2C=CS(=O)(=O)C2)cc1C. The zero-order valence-corrected chi connectivity index (χ0v) is 16.0. The van der Waals surface area contributed by atoms with Crippen molar-refractivity contribution in [2.45, 2.75) is 26.1 Å². The van der Waals surface area contributed by atoms with Crippen molar-refractivity contribution in [2.24, 2.45) is 0 Å². The Labute approximate surface area is 161 Å². The van der Waals surface area contributed by atoms with Crippen molar-refractivity contribution in [3.8, 4) is 0 Å². The van der Waals surface area contributed by atoms with E-state index < -0.39 is 33.5 Å². The molecule has 0 unspecified atom stereocenters. The van der Waals surface area contributed by atoms with Gasteiger partial charge in [-0.25, -0.2) is 8.42 Å². The topological polar surface area (TPSA) is 54.5 Å². The van der Waals surface area contributed by atoms with E-state index in [0.717, 1.165) is 34.7 Å². The van der Waals surface area contributed by atoms with Crippen LogP contribution in [-0.4, -0.2) is 26.1 Å². The molecule has 0 saturated heterocycles. The number of amides is 1. The van der Waals surface area contributed by atoms with Crippen LogP contribution in [0.5, 0.6) is 0 Å². The molecule has 1 atom stereocenters. The monoisotopic (exact) mass is 409 g/mol. The van der Waals surface area contributed by atoms with Gasteiger partial charge in [-0.15, -0.1) is 0 Å². The standard InChI is InChI=1S/C20H18F3NO3S/c1-13-6-7-17(10-14(13)2)24(18-8-9-28(26,27)12-18)19(25)15-4-3-5-16(11-15)20(21,22)23/h3-11,18H,12H2,1-2H3/t18-/m0/s1. The number of hydrogen-bond donors (Lipinski definition) is 0. The van der Waals surface area contributed by atoms with Gasteiger partial charge in [-0.1, -0.05) is 12.1 Å². The zero-order chi connectivity index (χ0) is 20.7. The summed E-state index contributed by atoms with van der Waals surface area (Å²) >= 11 is 0. The van der Waals surface area contributed by atoms with Gasteiger partial charge in [0.25, 0.3) is 5.91 Å². The molecule has 148 valence electrons. The minimum absolute atomic E-state index is 0.161. The molecule has 0 saturated carbocycles. The fourth-order valence-electron chi connectivity index (χ4n) is 3.02. The predicted octanol–water partition coefficient (Wildman–Crippen LogP) is 4.28. The number of rotatable bonds is 3. The molecule has 0 bridgehead atoms. The second kappa shape index (κ2) is 7.09. The van der Waals surface area contributed by atoms with Crippen molar-refractivity contribution >= 4 is 21.4 Å². The molecule has 0 aromatic heterocycles. The number of alkyl halides is 3. The second-order valence-electron chi connectivity index (χ2n) is 6.75. The van der Waals surface area contributed by atoms with Crippen LogP contribution in [0.25, 0.3) is 0 Å². The van der Waals surface area contributed by atoms with Crippen molar-refractivity contribution < 1.29 is 26.4 Å². The molecule has 4 nitrogen and oxygen atoms in total. The van der Waals surface area contributed by atoms with Crippen LogP contribution in [0.2, 0.25) is 0 Å². The van der Waals surface area contributed by atoms with Crippen LogP contribution in [0, 0.1) is 13.8 Å². The Balaban J connectivity index is 2.08.